The molecule has 1 fully saturated rings. The third kappa shape index (κ3) is 2.40. The molecule has 1 saturated heterocycles. The first-order chi connectivity index (χ1) is 9.97. The first-order valence-electron chi connectivity index (χ1n) is 7.02. The SMILES string of the molecule is Cn1c(=O)c2[nH]c(CN3CCCC(O)C3)nc2n(C)c1=O. The number of aromatic nitrogens is 4. The molecule has 2 aromatic rings. The Hall–Kier alpha value is -1.93. The van der Waals surface area contributed by atoms with E-state index in [0.717, 1.165) is 24.0 Å². The van der Waals surface area contributed by atoms with Crippen molar-refractivity contribution in [1.29, 1.82) is 0 Å². The lowest BCUT2D eigenvalue weighted by molar-refractivity contribution is 0.0657. The Balaban J connectivity index is 1.98. The largest absolute Gasteiger partial charge is 0.392 e. The van der Waals surface area contributed by atoms with Crippen LogP contribution in [0.5, 0.6) is 0 Å². The number of aliphatic hydroxyl groups is 1. The monoisotopic (exact) mass is 293 g/mol. The summed E-state index contributed by atoms with van der Waals surface area (Å²) in [4.78, 5) is 33.4. The average Bonchev–Trinajstić information content (AvgIpc) is 2.87. The second kappa shape index (κ2) is 5.12. The second-order valence-electron chi connectivity index (χ2n) is 5.62. The summed E-state index contributed by atoms with van der Waals surface area (Å²) in [5, 5.41) is 9.69. The molecule has 8 nitrogen and oxygen atoms in total. The van der Waals surface area contributed by atoms with Gasteiger partial charge in [-0.15, -0.1) is 0 Å². The van der Waals surface area contributed by atoms with Crippen molar-refractivity contribution in [2.75, 3.05) is 13.1 Å². The van der Waals surface area contributed by atoms with E-state index in [0.29, 0.717) is 30.1 Å². The van der Waals surface area contributed by atoms with Gasteiger partial charge in [0.15, 0.2) is 5.65 Å². The number of piperidine rings is 1. The molecular weight excluding hydrogens is 274 g/mol. The van der Waals surface area contributed by atoms with Crippen LogP contribution in [0.1, 0.15) is 18.7 Å². The Morgan fingerprint density at radius 2 is 2.10 bits per heavy atom. The summed E-state index contributed by atoms with van der Waals surface area (Å²) in [5.74, 6) is 0.636. The number of β-amino-alcohol motifs (C(OH)–C–C–N with tert-alkyl or cyclic N) is 1. The molecular formula is C13H19N5O3. The molecule has 0 bridgehead atoms. The minimum atomic E-state index is -0.390. The van der Waals surface area contributed by atoms with E-state index in [4.69, 9.17) is 0 Å². The van der Waals surface area contributed by atoms with Gasteiger partial charge in [0, 0.05) is 20.6 Å². The lowest BCUT2D eigenvalue weighted by Gasteiger charge is -2.29. The van der Waals surface area contributed by atoms with E-state index < -0.39 is 0 Å². The van der Waals surface area contributed by atoms with Gasteiger partial charge < -0.3 is 10.1 Å². The lowest BCUT2D eigenvalue weighted by Crippen LogP contribution is -2.37. The molecule has 114 valence electrons. The van der Waals surface area contributed by atoms with Gasteiger partial charge in [-0.25, -0.2) is 9.78 Å². The van der Waals surface area contributed by atoms with Gasteiger partial charge in [-0.3, -0.25) is 18.8 Å². The van der Waals surface area contributed by atoms with Crippen molar-refractivity contribution >= 4 is 11.2 Å². The van der Waals surface area contributed by atoms with Crippen LogP contribution in [0.4, 0.5) is 0 Å². The van der Waals surface area contributed by atoms with Crippen LogP contribution in [-0.2, 0) is 20.6 Å². The van der Waals surface area contributed by atoms with Gasteiger partial charge in [0.05, 0.1) is 12.6 Å². The highest BCUT2D eigenvalue weighted by molar-refractivity contribution is 5.69. The van der Waals surface area contributed by atoms with Gasteiger partial charge in [-0.2, -0.15) is 0 Å². The van der Waals surface area contributed by atoms with E-state index in [1.165, 1.54) is 11.6 Å². The standard InChI is InChI=1S/C13H19N5O3/c1-16-11-10(12(20)17(2)13(16)21)14-9(15-11)7-18-5-3-4-8(19)6-18/h8,19H,3-7H2,1-2H3,(H,14,15). The van der Waals surface area contributed by atoms with E-state index in [1.807, 2.05) is 0 Å². The van der Waals surface area contributed by atoms with Crippen LogP contribution in [0.25, 0.3) is 11.2 Å². The predicted molar refractivity (Wildman–Crippen MR) is 77.1 cm³/mol. The van der Waals surface area contributed by atoms with Gasteiger partial charge in [0.2, 0.25) is 0 Å². The molecule has 8 heteroatoms. The Bertz CT molecular complexity index is 787. The Morgan fingerprint density at radius 3 is 2.81 bits per heavy atom. The zero-order valence-electron chi connectivity index (χ0n) is 12.2. The van der Waals surface area contributed by atoms with Gasteiger partial charge in [-0.05, 0) is 19.4 Å². The van der Waals surface area contributed by atoms with E-state index in [9.17, 15) is 14.7 Å². The Labute approximate surface area is 120 Å². The maximum absolute atomic E-state index is 12.1. The lowest BCUT2D eigenvalue weighted by atomic mass is 10.1. The van der Waals surface area contributed by atoms with Crippen LogP contribution in [-0.4, -0.2) is 48.3 Å². The number of nitrogens with one attached hydrogen (secondary N) is 1. The number of nitrogens with zero attached hydrogens (tertiary/aromatic N) is 4. The number of fused-ring (bicyclic) bond motifs is 1. The topological polar surface area (TPSA) is 96.2 Å². The number of imidazole rings is 1. The fraction of sp³-hybridized carbons (Fsp3) is 0.615. The highest BCUT2D eigenvalue weighted by Gasteiger charge is 2.20. The van der Waals surface area contributed by atoms with Gasteiger partial charge in [0.1, 0.15) is 11.3 Å². The van der Waals surface area contributed by atoms with Crippen molar-refractivity contribution in [2.24, 2.45) is 14.1 Å². The summed E-state index contributed by atoms with van der Waals surface area (Å²) in [5.41, 5.74) is -0.0488. The number of likely N-dealkylation sites (tertiary alicyclic amines) is 1. The second-order valence-corrected chi connectivity index (χ2v) is 5.62. The first kappa shape index (κ1) is 14.0. The summed E-state index contributed by atoms with van der Waals surface area (Å²) in [7, 11) is 3.05. The van der Waals surface area contributed by atoms with Gasteiger partial charge in [0.25, 0.3) is 5.56 Å². The molecule has 3 rings (SSSR count). The number of rotatable bonds is 2. The minimum absolute atomic E-state index is 0.305. The molecule has 2 aromatic heterocycles. The number of hydrogen-bond donors (Lipinski definition) is 2. The average molecular weight is 293 g/mol. The number of aryl methyl sites for hydroxylation is 1. The summed E-state index contributed by atoms with van der Waals surface area (Å²) in [6.45, 7) is 2.03. The van der Waals surface area contributed by atoms with Crippen LogP contribution in [0.15, 0.2) is 9.59 Å². The van der Waals surface area contributed by atoms with Crippen molar-refractivity contribution in [2.45, 2.75) is 25.5 Å². The quantitative estimate of drug-likeness (QED) is 0.734. The predicted octanol–water partition coefficient (Wildman–Crippen LogP) is -1.08. The van der Waals surface area contributed by atoms with Crippen molar-refractivity contribution in [3.8, 4) is 0 Å². The molecule has 21 heavy (non-hydrogen) atoms. The number of aromatic amines is 1. The smallest absolute Gasteiger partial charge is 0.332 e. The van der Waals surface area contributed by atoms with E-state index in [1.54, 1.807) is 7.05 Å². The van der Waals surface area contributed by atoms with Crippen LogP contribution in [0.3, 0.4) is 0 Å². The molecule has 1 aliphatic heterocycles. The summed E-state index contributed by atoms with van der Waals surface area (Å²) < 4.78 is 2.43. The molecule has 1 aliphatic rings. The summed E-state index contributed by atoms with van der Waals surface area (Å²) >= 11 is 0. The summed E-state index contributed by atoms with van der Waals surface area (Å²) in [6.07, 6.45) is 1.47. The van der Waals surface area contributed by atoms with E-state index in [-0.39, 0.29) is 17.4 Å². The van der Waals surface area contributed by atoms with E-state index in [2.05, 4.69) is 14.9 Å². The third-order valence-electron chi connectivity index (χ3n) is 4.00. The molecule has 0 radical (unpaired) electrons. The van der Waals surface area contributed by atoms with E-state index >= 15 is 0 Å². The van der Waals surface area contributed by atoms with Crippen LogP contribution >= 0.6 is 0 Å². The molecule has 2 N–H and O–H groups in total. The Kier molecular flexibility index (Phi) is 3.42. The van der Waals surface area contributed by atoms with Crippen molar-refractivity contribution in [1.82, 2.24) is 24.0 Å². The number of aliphatic hydroxyl groups excluding tert-OH is 1. The third-order valence-corrected chi connectivity index (χ3v) is 4.00. The maximum atomic E-state index is 12.1. The highest BCUT2D eigenvalue weighted by Crippen LogP contribution is 2.13. The van der Waals surface area contributed by atoms with Crippen LogP contribution < -0.4 is 11.2 Å². The van der Waals surface area contributed by atoms with Crippen molar-refractivity contribution in [3.63, 3.8) is 0 Å². The fourth-order valence-electron chi connectivity index (χ4n) is 2.84. The molecule has 3 heterocycles. The highest BCUT2D eigenvalue weighted by atomic mass is 16.3. The molecule has 1 atom stereocenters. The molecule has 0 saturated carbocycles. The summed E-state index contributed by atoms with van der Waals surface area (Å²) in [6, 6.07) is 0. The minimum Gasteiger partial charge on any atom is -0.392 e. The van der Waals surface area contributed by atoms with Crippen molar-refractivity contribution < 1.29 is 5.11 Å². The van der Waals surface area contributed by atoms with Crippen LogP contribution in [0.2, 0.25) is 0 Å². The zero-order valence-corrected chi connectivity index (χ0v) is 12.2. The van der Waals surface area contributed by atoms with Gasteiger partial charge in [-0.1, -0.05) is 0 Å². The molecule has 0 amide bonds. The molecule has 0 aliphatic carbocycles. The first-order valence-corrected chi connectivity index (χ1v) is 7.02. The van der Waals surface area contributed by atoms with Gasteiger partial charge >= 0.3 is 5.69 Å². The maximum Gasteiger partial charge on any atom is 0.332 e. The molecule has 1 unspecified atom stereocenters. The number of H-pyrrole nitrogens is 1. The number of hydrogen-bond acceptors (Lipinski definition) is 5. The zero-order chi connectivity index (χ0) is 15.1. The molecule has 0 aromatic carbocycles. The fourth-order valence-corrected chi connectivity index (χ4v) is 2.84. The normalized spacial score (nSPS) is 20.2. The Morgan fingerprint density at radius 1 is 1.33 bits per heavy atom. The van der Waals surface area contributed by atoms with Crippen molar-refractivity contribution in [3.05, 3.63) is 26.7 Å². The molecule has 0 spiro atoms. The van der Waals surface area contributed by atoms with Crippen LogP contribution in [0, 0.1) is 0 Å².